The first-order valence-corrected chi connectivity index (χ1v) is 10.6. The molecule has 3 rings (SSSR count). The van der Waals surface area contributed by atoms with Gasteiger partial charge in [-0.2, -0.15) is 13.2 Å². The first-order chi connectivity index (χ1) is 15.8. The van der Waals surface area contributed by atoms with Gasteiger partial charge >= 0.3 is 23.4 Å². The molecule has 1 aromatic carbocycles. The Bertz CT molecular complexity index is 1020. The zero-order valence-electron chi connectivity index (χ0n) is 18.2. The molecule has 2 heterocycles. The highest BCUT2D eigenvalue weighted by Gasteiger charge is 2.31. The fourth-order valence-corrected chi connectivity index (χ4v) is 3.64. The molecule has 1 amide bonds. The summed E-state index contributed by atoms with van der Waals surface area (Å²) in [6.07, 6.45) is -3.93. The number of hydrogen-bond acceptors (Lipinski definition) is 7. The minimum atomic E-state index is -4.38. The smallest absolute Gasteiger partial charge is 0.416 e. The number of rotatable bonds is 7. The Hall–Kier alpha value is -2.90. The van der Waals surface area contributed by atoms with Crippen molar-refractivity contribution >= 4 is 23.5 Å². The van der Waals surface area contributed by atoms with Gasteiger partial charge in [-0.05, 0) is 46.1 Å². The number of amides is 1. The lowest BCUT2D eigenvalue weighted by molar-refractivity contribution is -0.389. The van der Waals surface area contributed by atoms with Crippen molar-refractivity contribution < 1.29 is 32.7 Å². The molecule has 0 aliphatic carbocycles. The predicted octanol–water partition coefficient (Wildman–Crippen LogP) is 3.17. The molecule has 1 N–H and O–H groups in total. The van der Waals surface area contributed by atoms with Gasteiger partial charge in [-0.3, -0.25) is 9.47 Å². The SMILES string of the molecule is C[C@](O)(COC(=O)N1CCN(Cc2ccc(C(F)(F)F)cc2)CC1)Cn1cc([N+](=O)[O-])nc1Cl. The van der Waals surface area contributed by atoms with Gasteiger partial charge in [-0.1, -0.05) is 12.1 Å². The number of nitro groups is 1. The van der Waals surface area contributed by atoms with Crippen LogP contribution in [0.15, 0.2) is 30.5 Å². The molecule has 0 unspecified atom stereocenters. The summed E-state index contributed by atoms with van der Waals surface area (Å²) >= 11 is 5.84. The molecule has 1 fully saturated rings. The minimum absolute atomic E-state index is 0.178. The van der Waals surface area contributed by atoms with Gasteiger partial charge in [0.2, 0.25) is 0 Å². The molecule has 0 radical (unpaired) electrons. The third-order valence-electron chi connectivity index (χ3n) is 5.24. The fraction of sp³-hybridized carbons (Fsp3) is 0.500. The van der Waals surface area contributed by atoms with E-state index in [1.807, 2.05) is 4.90 Å². The molecular formula is C20H23ClF3N5O5. The minimum Gasteiger partial charge on any atom is -0.446 e. The Morgan fingerprint density at radius 1 is 1.24 bits per heavy atom. The molecule has 0 spiro atoms. The monoisotopic (exact) mass is 505 g/mol. The lowest BCUT2D eigenvalue weighted by Crippen LogP contribution is -2.49. The van der Waals surface area contributed by atoms with E-state index in [4.69, 9.17) is 16.3 Å². The molecule has 186 valence electrons. The van der Waals surface area contributed by atoms with Crippen LogP contribution in [-0.4, -0.2) is 73.9 Å². The second-order valence-corrected chi connectivity index (χ2v) is 8.60. The lowest BCUT2D eigenvalue weighted by atomic mass is 10.1. The zero-order chi connectivity index (χ0) is 25.1. The molecular weight excluding hydrogens is 483 g/mol. The summed E-state index contributed by atoms with van der Waals surface area (Å²) in [5.41, 5.74) is -1.52. The van der Waals surface area contributed by atoms with E-state index < -0.39 is 34.2 Å². The van der Waals surface area contributed by atoms with Crippen LogP contribution >= 0.6 is 11.6 Å². The van der Waals surface area contributed by atoms with Crippen LogP contribution in [0, 0.1) is 10.1 Å². The summed E-state index contributed by atoms with van der Waals surface area (Å²) < 4.78 is 44.4. The zero-order valence-corrected chi connectivity index (χ0v) is 18.9. The number of aliphatic hydroxyl groups is 1. The highest BCUT2D eigenvalue weighted by Crippen LogP contribution is 2.29. The number of ether oxygens (including phenoxy) is 1. The highest BCUT2D eigenvalue weighted by atomic mass is 35.5. The number of hydrogen-bond donors (Lipinski definition) is 1. The number of imidazole rings is 1. The lowest BCUT2D eigenvalue weighted by Gasteiger charge is -2.34. The number of carbonyl (C=O) groups is 1. The Balaban J connectivity index is 1.45. The first-order valence-electron chi connectivity index (χ1n) is 10.2. The normalized spacial score (nSPS) is 16.8. The second kappa shape index (κ2) is 10.2. The van der Waals surface area contributed by atoms with Crippen LogP contribution in [0.3, 0.4) is 0 Å². The van der Waals surface area contributed by atoms with Crippen molar-refractivity contribution in [2.75, 3.05) is 32.8 Å². The summed E-state index contributed by atoms with van der Waals surface area (Å²) in [5.74, 6) is -0.466. The van der Waals surface area contributed by atoms with Crippen LogP contribution in [0.25, 0.3) is 0 Å². The van der Waals surface area contributed by atoms with Crippen molar-refractivity contribution in [2.24, 2.45) is 0 Å². The molecule has 14 heteroatoms. The molecule has 1 aliphatic heterocycles. The van der Waals surface area contributed by atoms with E-state index in [1.165, 1.54) is 28.5 Å². The van der Waals surface area contributed by atoms with E-state index in [1.54, 1.807) is 0 Å². The van der Waals surface area contributed by atoms with Crippen LogP contribution in [0.4, 0.5) is 23.8 Å². The maximum atomic E-state index is 12.7. The Morgan fingerprint density at radius 2 is 1.85 bits per heavy atom. The van der Waals surface area contributed by atoms with Crippen LogP contribution in [0.1, 0.15) is 18.1 Å². The van der Waals surface area contributed by atoms with Crippen LogP contribution < -0.4 is 0 Å². The standard InChI is InChI=1S/C20H23ClF3N5O5/c1-19(31,12-28-11-16(29(32)33)25-17(28)21)13-34-18(30)27-8-6-26(7-9-27)10-14-2-4-15(5-3-14)20(22,23)24/h2-5,11,31H,6-10,12-13H2,1H3/t19-/m1/s1. The molecule has 0 saturated carbocycles. The number of carbonyl (C=O) groups excluding carboxylic acids is 1. The average Bonchev–Trinajstić information content (AvgIpc) is 3.12. The highest BCUT2D eigenvalue weighted by molar-refractivity contribution is 6.28. The van der Waals surface area contributed by atoms with Crippen molar-refractivity contribution in [3.63, 3.8) is 0 Å². The van der Waals surface area contributed by atoms with Gasteiger partial charge < -0.3 is 24.9 Å². The van der Waals surface area contributed by atoms with E-state index in [0.29, 0.717) is 32.7 Å². The van der Waals surface area contributed by atoms with Crippen LogP contribution in [-0.2, 0) is 24.0 Å². The summed E-state index contributed by atoms with van der Waals surface area (Å²) in [5, 5.41) is 21.1. The topological polar surface area (TPSA) is 114 Å². The Labute approximate surface area is 197 Å². The van der Waals surface area contributed by atoms with Gasteiger partial charge in [0.1, 0.15) is 18.4 Å². The molecule has 1 atom stereocenters. The van der Waals surface area contributed by atoms with Crippen molar-refractivity contribution in [1.82, 2.24) is 19.4 Å². The van der Waals surface area contributed by atoms with Crippen molar-refractivity contribution in [3.05, 3.63) is 57.0 Å². The molecule has 1 aliphatic rings. The van der Waals surface area contributed by atoms with Crippen LogP contribution in [0.2, 0.25) is 5.28 Å². The number of aromatic nitrogens is 2. The molecule has 0 bridgehead atoms. The van der Waals surface area contributed by atoms with Gasteiger partial charge in [-0.25, -0.2) is 4.79 Å². The molecule has 34 heavy (non-hydrogen) atoms. The molecule has 1 aromatic heterocycles. The van der Waals surface area contributed by atoms with E-state index in [9.17, 15) is 33.2 Å². The fourth-order valence-electron chi connectivity index (χ4n) is 3.45. The number of alkyl halides is 3. The van der Waals surface area contributed by atoms with Crippen molar-refractivity contribution in [1.29, 1.82) is 0 Å². The maximum absolute atomic E-state index is 12.7. The largest absolute Gasteiger partial charge is 0.446 e. The summed E-state index contributed by atoms with van der Waals surface area (Å²) in [4.78, 5) is 29.5. The van der Waals surface area contributed by atoms with Gasteiger partial charge in [0.05, 0.1) is 12.1 Å². The van der Waals surface area contributed by atoms with Gasteiger partial charge in [0, 0.05) is 32.7 Å². The van der Waals surface area contributed by atoms with E-state index in [-0.39, 0.29) is 18.4 Å². The third kappa shape index (κ3) is 6.81. The second-order valence-electron chi connectivity index (χ2n) is 8.26. The first kappa shape index (κ1) is 25.7. The number of nitrogens with zero attached hydrogens (tertiary/aromatic N) is 5. The maximum Gasteiger partial charge on any atom is 0.416 e. The summed E-state index contributed by atoms with van der Waals surface area (Å²) in [7, 11) is 0. The van der Waals surface area contributed by atoms with Gasteiger partial charge in [0.15, 0.2) is 0 Å². The number of piperazine rings is 1. The quantitative estimate of drug-likeness (QED) is 0.454. The van der Waals surface area contributed by atoms with E-state index in [2.05, 4.69) is 4.98 Å². The third-order valence-corrected chi connectivity index (χ3v) is 5.54. The molecule has 10 nitrogen and oxygen atoms in total. The Morgan fingerprint density at radius 3 is 2.38 bits per heavy atom. The summed E-state index contributed by atoms with van der Waals surface area (Å²) in [6.45, 7) is 2.99. The Kier molecular flexibility index (Phi) is 7.68. The average molecular weight is 506 g/mol. The van der Waals surface area contributed by atoms with E-state index >= 15 is 0 Å². The van der Waals surface area contributed by atoms with Crippen molar-refractivity contribution in [2.45, 2.75) is 31.8 Å². The van der Waals surface area contributed by atoms with E-state index in [0.717, 1.165) is 23.9 Å². The summed E-state index contributed by atoms with van der Waals surface area (Å²) in [6, 6.07) is 4.97. The number of halogens is 4. The van der Waals surface area contributed by atoms with Crippen molar-refractivity contribution in [3.8, 4) is 0 Å². The van der Waals surface area contributed by atoms with Crippen LogP contribution in [0.5, 0.6) is 0 Å². The molecule has 2 aromatic rings. The predicted molar refractivity (Wildman–Crippen MR) is 114 cm³/mol. The van der Waals surface area contributed by atoms with Gasteiger partial charge in [-0.15, -0.1) is 0 Å². The number of benzene rings is 1. The van der Waals surface area contributed by atoms with Gasteiger partial charge in [0.25, 0.3) is 0 Å². The molecule has 1 saturated heterocycles.